The lowest BCUT2D eigenvalue weighted by molar-refractivity contribution is -0.147. The Morgan fingerprint density at radius 1 is 1.28 bits per heavy atom. The Morgan fingerprint density at radius 2 is 1.96 bits per heavy atom. The molecule has 25 heavy (non-hydrogen) atoms. The molecule has 2 aliphatic rings. The smallest absolute Gasteiger partial charge is 0.318 e. The summed E-state index contributed by atoms with van der Waals surface area (Å²) < 4.78 is 0. The van der Waals surface area contributed by atoms with Gasteiger partial charge in [-0.3, -0.25) is 9.59 Å². The second-order valence-electron chi connectivity index (χ2n) is 7.17. The van der Waals surface area contributed by atoms with E-state index >= 15 is 0 Å². The molecule has 134 valence electrons. The van der Waals surface area contributed by atoms with Gasteiger partial charge in [0.1, 0.15) is 6.04 Å². The number of carboxylic acids is 1. The lowest BCUT2D eigenvalue weighted by Crippen LogP contribution is -2.48. The van der Waals surface area contributed by atoms with E-state index in [1.807, 2.05) is 37.3 Å². The molecular weight excluding hydrogens is 322 g/mol. The van der Waals surface area contributed by atoms with Gasteiger partial charge in [0.15, 0.2) is 0 Å². The van der Waals surface area contributed by atoms with Gasteiger partial charge in [-0.25, -0.2) is 4.79 Å². The molecular formula is C18H23N3O4. The SMILES string of the molecule is CC1CC(NC(=O)N2CCC(C)(C(=O)O)C2)C(=O)N1c1ccccc1. The number of amides is 3. The van der Waals surface area contributed by atoms with Crippen molar-refractivity contribution in [2.24, 2.45) is 5.41 Å². The summed E-state index contributed by atoms with van der Waals surface area (Å²) in [6.45, 7) is 4.14. The lowest BCUT2D eigenvalue weighted by atomic mass is 9.90. The molecule has 0 saturated carbocycles. The fraction of sp³-hybridized carbons (Fsp3) is 0.500. The molecule has 3 unspecified atom stereocenters. The van der Waals surface area contributed by atoms with Gasteiger partial charge in [-0.05, 0) is 38.8 Å². The van der Waals surface area contributed by atoms with Gasteiger partial charge < -0.3 is 20.2 Å². The first-order chi connectivity index (χ1) is 11.8. The molecule has 0 spiro atoms. The van der Waals surface area contributed by atoms with Crippen LogP contribution in [0.25, 0.3) is 0 Å². The van der Waals surface area contributed by atoms with Crippen LogP contribution in [0.15, 0.2) is 30.3 Å². The number of hydrogen-bond acceptors (Lipinski definition) is 3. The van der Waals surface area contributed by atoms with Crippen molar-refractivity contribution in [2.75, 3.05) is 18.0 Å². The number of rotatable bonds is 3. The Hall–Kier alpha value is -2.57. The topological polar surface area (TPSA) is 90.0 Å². The first kappa shape index (κ1) is 17.3. The number of likely N-dealkylation sites (tertiary alicyclic amines) is 1. The van der Waals surface area contributed by atoms with Crippen molar-refractivity contribution in [3.63, 3.8) is 0 Å². The highest BCUT2D eigenvalue weighted by Gasteiger charge is 2.44. The van der Waals surface area contributed by atoms with Gasteiger partial charge in [0.25, 0.3) is 0 Å². The number of nitrogens with zero attached hydrogens (tertiary/aromatic N) is 2. The average Bonchev–Trinajstić information content (AvgIpc) is 3.10. The predicted molar refractivity (Wildman–Crippen MR) is 92.3 cm³/mol. The molecule has 3 atom stereocenters. The zero-order valence-corrected chi connectivity index (χ0v) is 14.4. The maximum Gasteiger partial charge on any atom is 0.318 e. The van der Waals surface area contributed by atoms with Gasteiger partial charge in [-0.2, -0.15) is 0 Å². The fourth-order valence-electron chi connectivity index (χ4n) is 3.57. The van der Waals surface area contributed by atoms with E-state index in [0.717, 1.165) is 5.69 Å². The quantitative estimate of drug-likeness (QED) is 0.872. The summed E-state index contributed by atoms with van der Waals surface area (Å²) in [4.78, 5) is 39.7. The van der Waals surface area contributed by atoms with Crippen LogP contribution in [-0.2, 0) is 9.59 Å². The van der Waals surface area contributed by atoms with Gasteiger partial charge in [0.2, 0.25) is 5.91 Å². The maximum atomic E-state index is 12.7. The van der Waals surface area contributed by atoms with Crippen molar-refractivity contribution < 1.29 is 19.5 Å². The van der Waals surface area contributed by atoms with E-state index in [2.05, 4.69) is 5.32 Å². The monoisotopic (exact) mass is 345 g/mol. The molecule has 2 fully saturated rings. The number of para-hydroxylation sites is 1. The van der Waals surface area contributed by atoms with Crippen molar-refractivity contribution in [3.8, 4) is 0 Å². The van der Waals surface area contributed by atoms with Crippen LogP contribution in [0.5, 0.6) is 0 Å². The van der Waals surface area contributed by atoms with Gasteiger partial charge in [-0.1, -0.05) is 18.2 Å². The number of anilines is 1. The van der Waals surface area contributed by atoms with Gasteiger partial charge in [0.05, 0.1) is 5.41 Å². The normalized spacial score (nSPS) is 29.1. The van der Waals surface area contributed by atoms with E-state index in [0.29, 0.717) is 19.4 Å². The molecule has 1 aromatic rings. The lowest BCUT2D eigenvalue weighted by Gasteiger charge is -2.23. The molecule has 7 heteroatoms. The molecule has 2 saturated heterocycles. The Bertz CT molecular complexity index is 693. The van der Waals surface area contributed by atoms with Crippen molar-refractivity contribution in [2.45, 2.75) is 38.8 Å². The number of nitrogens with one attached hydrogen (secondary N) is 1. The minimum absolute atomic E-state index is 0.0111. The highest BCUT2D eigenvalue weighted by Crippen LogP contribution is 2.31. The Morgan fingerprint density at radius 3 is 2.56 bits per heavy atom. The molecule has 0 aliphatic carbocycles. The second-order valence-corrected chi connectivity index (χ2v) is 7.17. The zero-order chi connectivity index (χ0) is 18.2. The third-order valence-electron chi connectivity index (χ3n) is 5.16. The van der Waals surface area contributed by atoms with Crippen molar-refractivity contribution in [1.82, 2.24) is 10.2 Å². The number of aliphatic carboxylic acids is 1. The largest absolute Gasteiger partial charge is 0.481 e. The maximum absolute atomic E-state index is 12.7. The van der Waals surface area contributed by atoms with E-state index in [9.17, 15) is 19.5 Å². The highest BCUT2D eigenvalue weighted by atomic mass is 16.4. The molecule has 0 bridgehead atoms. The van der Waals surface area contributed by atoms with Crippen LogP contribution in [-0.4, -0.2) is 53.1 Å². The number of carbonyl (C=O) groups is 3. The summed E-state index contributed by atoms with van der Waals surface area (Å²) >= 11 is 0. The minimum Gasteiger partial charge on any atom is -0.481 e. The van der Waals surface area contributed by atoms with E-state index in [-0.39, 0.29) is 24.5 Å². The average molecular weight is 345 g/mol. The van der Waals surface area contributed by atoms with Crippen molar-refractivity contribution in [3.05, 3.63) is 30.3 Å². The Kier molecular flexibility index (Phi) is 4.41. The third kappa shape index (κ3) is 3.18. The van der Waals surface area contributed by atoms with Crippen LogP contribution in [0.3, 0.4) is 0 Å². The number of carbonyl (C=O) groups excluding carboxylic acids is 2. The van der Waals surface area contributed by atoms with Crippen molar-refractivity contribution in [1.29, 1.82) is 0 Å². The van der Waals surface area contributed by atoms with Crippen LogP contribution in [0.4, 0.5) is 10.5 Å². The molecule has 3 amide bonds. The predicted octanol–water partition coefficient (Wildman–Crippen LogP) is 1.69. The van der Waals surface area contributed by atoms with Crippen LogP contribution in [0.2, 0.25) is 0 Å². The zero-order valence-electron chi connectivity index (χ0n) is 14.4. The highest BCUT2D eigenvalue weighted by molar-refractivity contribution is 6.01. The van der Waals surface area contributed by atoms with E-state index < -0.39 is 17.4 Å². The first-order valence-corrected chi connectivity index (χ1v) is 8.49. The summed E-state index contributed by atoms with van der Waals surface area (Å²) in [5, 5.41) is 12.1. The summed E-state index contributed by atoms with van der Waals surface area (Å²) in [6.07, 6.45) is 0.949. The molecule has 0 radical (unpaired) electrons. The van der Waals surface area contributed by atoms with E-state index in [1.165, 1.54) is 4.90 Å². The molecule has 3 rings (SSSR count). The fourth-order valence-corrected chi connectivity index (χ4v) is 3.57. The van der Waals surface area contributed by atoms with Crippen LogP contribution in [0.1, 0.15) is 26.7 Å². The number of hydrogen-bond donors (Lipinski definition) is 2. The molecule has 2 heterocycles. The third-order valence-corrected chi connectivity index (χ3v) is 5.16. The summed E-state index contributed by atoms with van der Waals surface area (Å²) in [6, 6.07) is 8.42. The second kappa shape index (κ2) is 6.38. The van der Waals surface area contributed by atoms with Crippen LogP contribution >= 0.6 is 0 Å². The molecule has 2 N–H and O–H groups in total. The Balaban J connectivity index is 1.65. The molecule has 2 aliphatic heterocycles. The summed E-state index contributed by atoms with van der Waals surface area (Å²) in [5.74, 6) is -1.03. The first-order valence-electron chi connectivity index (χ1n) is 8.49. The van der Waals surface area contributed by atoms with E-state index in [1.54, 1.807) is 11.8 Å². The van der Waals surface area contributed by atoms with Gasteiger partial charge >= 0.3 is 12.0 Å². The van der Waals surface area contributed by atoms with Crippen LogP contribution in [0, 0.1) is 5.41 Å². The number of benzene rings is 1. The van der Waals surface area contributed by atoms with Gasteiger partial charge in [0, 0.05) is 24.8 Å². The summed E-state index contributed by atoms with van der Waals surface area (Å²) in [5.41, 5.74) is -0.100. The van der Waals surface area contributed by atoms with Gasteiger partial charge in [-0.15, -0.1) is 0 Å². The molecule has 1 aromatic carbocycles. The number of urea groups is 1. The Labute approximate surface area is 146 Å². The molecule has 0 aromatic heterocycles. The minimum atomic E-state index is -0.916. The summed E-state index contributed by atoms with van der Waals surface area (Å²) in [7, 11) is 0. The van der Waals surface area contributed by atoms with Crippen molar-refractivity contribution >= 4 is 23.6 Å². The molecule has 7 nitrogen and oxygen atoms in total. The van der Waals surface area contributed by atoms with Crippen LogP contribution < -0.4 is 10.2 Å². The van der Waals surface area contributed by atoms with E-state index in [4.69, 9.17) is 0 Å². The number of carboxylic acid groups (broad SMARTS) is 1. The standard InChI is InChI=1S/C18H23N3O4/c1-12-10-14(15(22)21(12)13-6-4-3-5-7-13)19-17(25)20-9-8-18(2,11-20)16(23)24/h3-7,12,14H,8-11H2,1-2H3,(H,19,25)(H,23,24).